The van der Waals surface area contributed by atoms with Crippen LogP contribution in [0.2, 0.25) is 0 Å². The second kappa shape index (κ2) is 9.12. The van der Waals surface area contributed by atoms with Crippen LogP contribution in [0.3, 0.4) is 0 Å². The molecular formula is C20H38N4O2S. The summed E-state index contributed by atoms with van der Waals surface area (Å²) in [6, 6.07) is 1.46. The molecule has 156 valence electrons. The third kappa shape index (κ3) is 6.08. The lowest BCUT2D eigenvalue weighted by Gasteiger charge is -2.28. The molecule has 3 aliphatic rings. The second-order valence-corrected chi connectivity index (χ2v) is 11.4. The number of nitrogens with one attached hydrogen (secondary N) is 2. The van der Waals surface area contributed by atoms with Crippen LogP contribution in [0.15, 0.2) is 4.99 Å². The van der Waals surface area contributed by atoms with Crippen LogP contribution < -0.4 is 10.6 Å². The summed E-state index contributed by atoms with van der Waals surface area (Å²) in [6.45, 7) is 9.59. The molecule has 2 aliphatic heterocycles. The summed E-state index contributed by atoms with van der Waals surface area (Å²) in [4.78, 5) is 7.36. The van der Waals surface area contributed by atoms with Gasteiger partial charge in [0, 0.05) is 37.8 Å². The van der Waals surface area contributed by atoms with Crippen molar-refractivity contribution in [2.45, 2.75) is 77.4 Å². The van der Waals surface area contributed by atoms with E-state index >= 15 is 0 Å². The molecule has 0 aromatic carbocycles. The van der Waals surface area contributed by atoms with E-state index in [0.717, 1.165) is 25.5 Å². The van der Waals surface area contributed by atoms with Gasteiger partial charge in [-0.05, 0) is 44.9 Å². The van der Waals surface area contributed by atoms with Crippen molar-refractivity contribution in [1.29, 1.82) is 0 Å². The predicted molar refractivity (Wildman–Crippen MR) is 112 cm³/mol. The molecule has 27 heavy (non-hydrogen) atoms. The lowest BCUT2D eigenvalue weighted by atomic mass is 9.95. The summed E-state index contributed by atoms with van der Waals surface area (Å²) in [5.74, 6) is 2.28. The van der Waals surface area contributed by atoms with Crippen LogP contribution in [-0.2, 0) is 9.84 Å². The van der Waals surface area contributed by atoms with E-state index < -0.39 is 9.84 Å². The molecule has 2 heterocycles. The highest BCUT2D eigenvalue weighted by molar-refractivity contribution is 7.91. The maximum atomic E-state index is 11.7. The Morgan fingerprint density at radius 2 is 1.85 bits per heavy atom. The third-order valence-corrected chi connectivity index (χ3v) is 8.31. The molecule has 3 rings (SSSR count). The summed E-state index contributed by atoms with van der Waals surface area (Å²) in [5.41, 5.74) is 0. The zero-order valence-electron chi connectivity index (χ0n) is 17.3. The minimum absolute atomic E-state index is 0.174. The first-order valence-corrected chi connectivity index (χ1v) is 12.7. The molecule has 1 saturated carbocycles. The third-order valence-electron chi connectivity index (χ3n) is 6.47. The molecule has 6 nitrogen and oxygen atoms in total. The van der Waals surface area contributed by atoms with Crippen molar-refractivity contribution < 1.29 is 8.42 Å². The van der Waals surface area contributed by atoms with Gasteiger partial charge in [0.25, 0.3) is 0 Å². The lowest BCUT2D eigenvalue weighted by molar-refractivity contribution is 0.265. The molecule has 2 saturated heterocycles. The first-order valence-electron chi connectivity index (χ1n) is 10.8. The monoisotopic (exact) mass is 398 g/mol. The van der Waals surface area contributed by atoms with E-state index in [2.05, 4.69) is 36.3 Å². The van der Waals surface area contributed by atoms with Crippen LogP contribution in [0, 0.1) is 11.8 Å². The molecule has 0 aromatic heterocycles. The van der Waals surface area contributed by atoms with E-state index in [1.807, 2.05) is 0 Å². The molecule has 0 bridgehead atoms. The first kappa shape index (κ1) is 20.9. The minimum atomic E-state index is -2.84. The fourth-order valence-electron chi connectivity index (χ4n) is 4.60. The zero-order valence-corrected chi connectivity index (χ0v) is 18.1. The summed E-state index contributed by atoms with van der Waals surface area (Å²) in [5, 5.41) is 7.35. The molecule has 0 spiro atoms. The van der Waals surface area contributed by atoms with Gasteiger partial charge >= 0.3 is 0 Å². The van der Waals surface area contributed by atoms with E-state index in [-0.39, 0.29) is 5.92 Å². The molecule has 2 N–H and O–H groups in total. The fraction of sp³-hybridized carbons (Fsp3) is 0.950. The van der Waals surface area contributed by atoms with Gasteiger partial charge in [-0.15, -0.1) is 0 Å². The topological polar surface area (TPSA) is 73.8 Å². The van der Waals surface area contributed by atoms with Crippen LogP contribution in [0.1, 0.15) is 59.3 Å². The van der Waals surface area contributed by atoms with Gasteiger partial charge < -0.3 is 10.6 Å². The molecule has 3 fully saturated rings. The van der Waals surface area contributed by atoms with Gasteiger partial charge in [-0.25, -0.2) is 8.42 Å². The Hall–Kier alpha value is -0.820. The molecule has 0 aromatic rings. The van der Waals surface area contributed by atoms with Crippen LogP contribution >= 0.6 is 0 Å². The number of aliphatic imine (C=N–C) groups is 1. The summed E-state index contributed by atoms with van der Waals surface area (Å²) in [6.07, 6.45) is 7.07. The van der Waals surface area contributed by atoms with Gasteiger partial charge in [-0.3, -0.25) is 9.89 Å². The SMILES string of the molecule is CC1CN(C(C)C)CC1NC(=NCC1CCS(=O)(=O)C1)NC1CCCCC1. The number of likely N-dealkylation sites (tertiary alicyclic amines) is 1. The van der Waals surface area contributed by atoms with Crippen molar-refractivity contribution in [2.75, 3.05) is 31.1 Å². The number of sulfone groups is 1. The van der Waals surface area contributed by atoms with Crippen molar-refractivity contribution in [2.24, 2.45) is 16.8 Å². The average molecular weight is 399 g/mol. The van der Waals surface area contributed by atoms with E-state index in [1.165, 1.54) is 32.1 Å². The van der Waals surface area contributed by atoms with Gasteiger partial charge in [0.05, 0.1) is 11.5 Å². The van der Waals surface area contributed by atoms with Crippen LogP contribution in [-0.4, -0.2) is 68.5 Å². The largest absolute Gasteiger partial charge is 0.354 e. The molecular weight excluding hydrogens is 360 g/mol. The summed E-state index contributed by atoms with van der Waals surface area (Å²) in [7, 11) is -2.84. The van der Waals surface area contributed by atoms with E-state index in [1.54, 1.807) is 0 Å². The molecule has 3 unspecified atom stereocenters. The highest BCUT2D eigenvalue weighted by Gasteiger charge is 2.32. The quantitative estimate of drug-likeness (QED) is 0.547. The smallest absolute Gasteiger partial charge is 0.191 e. The van der Waals surface area contributed by atoms with Gasteiger partial charge in [0.15, 0.2) is 15.8 Å². The van der Waals surface area contributed by atoms with Crippen molar-refractivity contribution in [3.63, 3.8) is 0 Å². The Kier molecular flexibility index (Phi) is 7.06. The number of hydrogen-bond acceptors (Lipinski definition) is 4. The van der Waals surface area contributed by atoms with E-state index in [0.29, 0.717) is 42.1 Å². The molecule has 7 heteroatoms. The Morgan fingerprint density at radius 1 is 1.11 bits per heavy atom. The zero-order chi connectivity index (χ0) is 19.4. The number of hydrogen-bond donors (Lipinski definition) is 2. The molecule has 0 radical (unpaired) electrons. The van der Waals surface area contributed by atoms with Gasteiger partial charge in [0.2, 0.25) is 0 Å². The number of nitrogens with zero attached hydrogens (tertiary/aromatic N) is 2. The number of guanidine groups is 1. The maximum Gasteiger partial charge on any atom is 0.191 e. The maximum absolute atomic E-state index is 11.7. The van der Waals surface area contributed by atoms with E-state index in [9.17, 15) is 8.42 Å². The Morgan fingerprint density at radius 3 is 2.44 bits per heavy atom. The van der Waals surface area contributed by atoms with Crippen LogP contribution in [0.25, 0.3) is 0 Å². The summed E-state index contributed by atoms with van der Waals surface area (Å²) < 4.78 is 23.5. The first-order chi connectivity index (χ1) is 12.8. The van der Waals surface area contributed by atoms with Crippen molar-refractivity contribution in [3.05, 3.63) is 0 Å². The molecule has 0 amide bonds. The fourth-order valence-corrected chi connectivity index (χ4v) is 6.45. The summed E-state index contributed by atoms with van der Waals surface area (Å²) >= 11 is 0. The van der Waals surface area contributed by atoms with Gasteiger partial charge in [0.1, 0.15) is 0 Å². The number of rotatable bonds is 5. The Balaban J connectivity index is 1.62. The lowest BCUT2D eigenvalue weighted by Crippen LogP contribution is -2.50. The standard InChI is InChI=1S/C20H38N4O2S/c1-15(2)24-12-16(3)19(13-24)23-20(22-18-7-5-4-6-8-18)21-11-17-9-10-27(25,26)14-17/h15-19H,4-14H2,1-3H3,(H2,21,22,23). The highest BCUT2D eigenvalue weighted by Crippen LogP contribution is 2.21. The van der Waals surface area contributed by atoms with Crippen LogP contribution in [0.5, 0.6) is 0 Å². The normalized spacial score (nSPS) is 32.9. The second-order valence-electron chi connectivity index (χ2n) is 9.21. The minimum Gasteiger partial charge on any atom is -0.354 e. The Labute approximate surface area is 165 Å². The van der Waals surface area contributed by atoms with Crippen molar-refractivity contribution in [3.8, 4) is 0 Å². The molecule has 1 aliphatic carbocycles. The molecule has 3 atom stereocenters. The van der Waals surface area contributed by atoms with Crippen LogP contribution in [0.4, 0.5) is 0 Å². The predicted octanol–water partition coefficient (Wildman–Crippen LogP) is 2.02. The van der Waals surface area contributed by atoms with Crippen molar-refractivity contribution in [1.82, 2.24) is 15.5 Å². The van der Waals surface area contributed by atoms with Gasteiger partial charge in [-0.2, -0.15) is 0 Å². The Bertz CT molecular complexity index is 613. The van der Waals surface area contributed by atoms with E-state index in [4.69, 9.17) is 4.99 Å². The average Bonchev–Trinajstić information content (AvgIpc) is 3.16. The van der Waals surface area contributed by atoms with Crippen molar-refractivity contribution >= 4 is 15.8 Å². The highest BCUT2D eigenvalue weighted by atomic mass is 32.2. The van der Waals surface area contributed by atoms with Gasteiger partial charge in [-0.1, -0.05) is 26.2 Å².